The van der Waals surface area contributed by atoms with Gasteiger partial charge in [-0.15, -0.1) is 0 Å². The SMILES string of the molecule is Cc1nn(C)c(C)c1CC(=O)NCCOCC(F)(F)F. The molecule has 0 aliphatic carbocycles. The van der Waals surface area contributed by atoms with Gasteiger partial charge in [-0.05, 0) is 13.8 Å². The Kier molecular flexibility index (Phi) is 5.55. The van der Waals surface area contributed by atoms with Crippen LogP contribution in [0.4, 0.5) is 13.2 Å². The second-order valence-corrected chi connectivity index (χ2v) is 4.47. The molecular weight excluding hydrogens is 275 g/mol. The Morgan fingerprint density at radius 3 is 2.55 bits per heavy atom. The zero-order chi connectivity index (χ0) is 15.3. The van der Waals surface area contributed by atoms with Gasteiger partial charge in [-0.2, -0.15) is 18.3 Å². The lowest BCUT2D eigenvalue weighted by molar-refractivity contribution is -0.173. The number of hydrogen-bond donors (Lipinski definition) is 1. The van der Waals surface area contributed by atoms with Crippen LogP contribution in [0.2, 0.25) is 0 Å². The van der Waals surface area contributed by atoms with Crippen molar-refractivity contribution in [3.8, 4) is 0 Å². The van der Waals surface area contributed by atoms with Crippen molar-refractivity contribution in [2.45, 2.75) is 26.4 Å². The first kappa shape index (κ1) is 16.5. The number of ether oxygens (including phenoxy) is 1. The van der Waals surface area contributed by atoms with E-state index in [-0.39, 0.29) is 25.5 Å². The fraction of sp³-hybridized carbons (Fsp3) is 0.667. The van der Waals surface area contributed by atoms with Crippen LogP contribution < -0.4 is 5.32 Å². The summed E-state index contributed by atoms with van der Waals surface area (Å²) in [6, 6.07) is 0. The molecular formula is C12H18F3N3O2. The van der Waals surface area contributed by atoms with Crippen LogP contribution in [0.3, 0.4) is 0 Å². The van der Waals surface area contributed by atoms with E-state index < -0.39 is 12.8 Å². The molecule has 20 heavy (non-hydrogen) atoms. The Bertz CT molecular complexity index is 469. The van der Waals surface area contributed by atoms with Crippen LogP contribution in [-0.4, -0.2) is 41.6 Å². The maximum absolute atomic E-state index is 11.8. The van der Waals surface area contributed by atoms with Gasteiger partial charge in [0.05, 0.1) is 18.7 Å². The first-order chi connectivity index (χ1) is 9.20. The third-order valence-electron chi connectivity index (χ3n) is 2.83. The quantitative estimate of drug-likeness (QED) is 0.804. The summed E-state index contributed by atoms with van der Waals surface area (Å²) in [5.74, 6) is -0.264. The summed E-state index contributed by atoms with van der Waals surface area (Å²) in [7, 11) is 1.79. The molecule has 0 saturated heterocycles. The zero-order valence-electron chi connectivity index (χ0n) is 11.7. The molecule has 0 aromatic carbocycles. The number of aryl methyl sites for hydroxylation is 2. The van der Waals surface area contributed by atoms with E-state index in [2.05, 4.69) is 15.2 Å². The molecule has 0 radical (unpaired) electrons. The molecule has 0 unspecified atom stereocenters. The van der Waals surface area contributed by atoms with Gasteiger partial charge in [0.15, 0.2) is 0 Å². The van der Waals surface area contributed by atoms with Gasteiger partial charge in [-0.3, -0.25) is 9.48 Å². The van der Waals surface area contributed by atoms with Gasteiger partial charge in [0.2, 0.25) is 5.91 Å². The third-order valence-corrected chi connectivity index (χ3v) is 2.83. The predicted octanol–water partition coefficient (Wildman–Crippen LogP) is 1.27. The highest BCUT2D eigenvalue weighted by Gasteiger charge is 2.27. The molecule has 0 aliphatic heterocycles. The Balaban J connectivity index is 2.31. The summed E-state index contributed by atoms with van der Waals surface area (Å²) in [6.07, 6.45) is -4.18. The smallest absolute Gasteiger partial charge is 0.370 e. The fourth-order valence-electron chi connectivity index (χ4n) is 1.75. The zero-order valence-corrected chi connectivity index (χ0v) is 11.7. The van der Waals surface area contributed by atoms with Gasteiger partial charge >= 0.3 is 6.18 Å². The summed E-state index contributed by atoms with van der Waals surface area (Å²) in [5.41, 5.74) is 2.50. The van der Waals surface area contributed by atoms with Gasteiger partial charge in [0.25, 0.3) is 0 Å². The Morgan fingerprint density at radius 2 is 2.05 bits per heavy atom. The highest BCUT2D eigenvalue weighted by molar-refractivity contribution is 5.79. The number of aromatic nitrogens is 2. The minimum Gasteiger partial charge on any atom is -0.370 e. The molecule has 1 aromatic rings. The van der Waals surface area contributed by atoms with Crippen LogP contribution in [0.1, 0.15) is 17.0 Å². The van der Waals surface area contributed by atoms with E-state index in [4.69, 9.17) is 0 Å². The average molecular weight is 293 g/mol. The van der Waals surface area contributed by atoms with Crippen molar-refractivity contribution in [2.75, 3.05) is 19.8 Å². The fourth-order valence-corrected chi connectivity index (χ4v) is 1.75. The molecule has 0 atom stereocenters. The predicted molar refractivity (Wildman–Crippen MR) is 66.3 cm³/mol. The molecule has 0 bridgehead atoms. The normalized spacial score (nSPS) is 11.7. The number of carbonyl (C=O) groups is 1. The van der Waals surface area contributed by atoms with E-state index in [0.717, 1.165) is 17.0 Å². The van der Waals surface area contributed by atoms with Crippen molar-refractivity contribution in [1.29, 1.82) is 0 Å². The van der Waals surface area contributed by atoms with Crippen LogP contribution in [0.15, 0.2) is 0 Å². The van der Waals surface area contributed by atoms with Crippen molar-refractivity contribution in [2.24, 2.45) is 7.05 Å². The molecule has 1 rings (SSSR count). The standard InChI is InChI=1S/C12H18F3N3O2/c1-8-10(9(2)18(3)17-8)6-11(19)16-4-5-20-7-12(13,14)15/h4-7H2,1-3H3,(H,16,19). The molecule has 8 heteroatoms. The molecule has 5 nitrogen and oxygen atoms in total. The van der Waals surface area contributed by atoms with Gasteiger partial charge in [0.1, 0.15) is 6.61 Å². The second kappa shape index (κ2) is 6.74. The second-order valence-electron chi connectivity index (χ2n) is 4.47. The van der Waals surface area contributed by atoms with Gasteiger partial charge < -0.3 is 10.1 Å². The molecule has 114 valence electrons. The van der Waals surface area contributed by atoms with E-state index >= 15 is 0 Å². The first-order valence-electron chi connectivity index (χ1n) is 6.11. The summed E-state index contributed by atoms with van der Waals surface area (Å²) >= 11 is 0. The highest BCUT2D eigenvalue weighted by atomic mass is 19.4. The minimum absolute atomic E-state index is 0.0489. The first-order valence-corrected chi connectivity index (χ1v) is 6.11. The van der Waals surface area contributed by atoms with Gasteiger partial charge in [-0.1, -0.05) is 0 Å². The molecule has 0 spiro atoms. The monoisotopic (exact) mass is 293 g/mol. The number of amides is 1. The molecule has 1 amide bonds. The summed E-state index contributed by atoms with van der Waals surface area (Å²) in [6.45, 7) is 2.24. The van der Waals surface area contributed by atoms with Crippen LogP contribution in [0.25, 0.3) is 0 Å². The topological polar surface area (TPSA) is 56.2 Å². The minimum atomic E-state index is -4.34. The summed E-state index contributed by atoms with van der Waals surface area (Å²) < 4.78 is 41.5. The summed E-state index contributed by atoms with van der Waals surface area (Å²) in [4.78, 5) is 11.7. The molecule has 1 aromatic heterocycles. The van der Waals surface area contributed by atoms with Crippen LogP contribution >= 0.6 is 0 Å². The molecule has 0 fully saturated rings. The maximum atomic E-state index is 11.8. The number of nitrogens with one attached hydrogen (secondary N) is 1. The Hall–Kier alpha value is -1.57. The van der Waals surface area contributed by atoms with Gasteiger partial charge in [-0.25, -0.2) is 0 Å². The van der Waals surface area contributed by atoms with Crippen LogP contribution in [0, 0.1) is 13.8 Å². The van der Waals surface area contributed by atoms with E-state index in [1.807, 2.05) is 13.8 Å². The van der Waals surface area contributed by atoms with Crippen molar-refractivity contribution in [3.63, 3.8) is 0 Å². The maximum Gasteiger partial charge on any atom is 0.411 e. The van der Waals surface area contributed by atoms with Crippen molar-refractivity contribution >= 4 is 5.91 Å². The number of nitrogens with zero attached hydrogens (tertiary/aromatic N) is 2. The van der Waals surface area contributed by atoms with E-state index in [1.165, 1.54) is 0 Å². The largest absolute Gasteiger partial charge is 0.411 e. The van der Waals surface area contributed by atoms with Crippen molar-refractivity contribution in [3.05, 3.63) is 17.0 Å². The molecule has 0 saturated carbocycles. The number of rotatable bonds is 6. The molecule has 0 aliphatic rings. The lowest BCUT2D eigenvalue weighted by atomic mass is 10.1. The number of hydrogen-bond acceptors (Lipinski definition) is 3. The molecule has 1 N–H and O–H groups in total. The summed E-state index contributed by atoms with van der Waals surface area (Å²) in [5, 5.41) is 6.70. The van der Waals surface area contributed by atoms with Crippen molar-refractivity contribution in [1.82, 2.24) is 15.1 Å². The number of carbonyl (C=O) groups excluding carboxylic acids is 1. The Morgan fingerprint density at radius 1 is 1.40 bits per heavy atom. The van der Waals surface area contributed by atoms with Gasteiger partial charge in [0, 0.05) is 24.8 Å². The lowest BCUT2D eigenvalue weighted by Crippen LogP contribution is -2.30. The molecule has 1 heterocycles. The van der Waals surface area contributed by atoms with E-state index in [0.29, 0.717) is 0 Å². The van der Waals surface area contributed by atoms with Crippen molar-refractivity contribution < 1.29 is 22.7 Å². The highest BCUT2D eigenvalue weighted by Crippen LogP contribution is 2.14. The Labute approximate surface area is 115 Å². The van der Waals surface area contributed by atoms with Crippen LogP contribution in [-0.2, 0) is 23.0 Å². The van der Waals surface area contributed by atoms with E-state index in [9.17, 15) is 18.0 Å². The average Bonchev–Trinajstić information content (AvgIpc) is 2.54. The number of alkyl halides is 3. The lowest BCUT2D eigenvalue weighted by Gasteiger charge is -2.08. The third kappa shape index (κ3) is 5.20. The number of halogens is 3. The van der Waals surface area contributed by atoms with E-state index in [1.54, 1.807) is 11.7 Å². The van der Waals surface area contributed by atoms with Crippen LogP contribution in [0.5, 0.6) is 0 Å².